The summed E-state index contributed by atoms with van der Waals surface area (Å²) >= 11 is 4.29. The minimum atomic E-state index is -0.0941. The molecule has 0 spiro atoms. The number of azide groups is 1. The fourth-order valence-corrected chi connectivity index (χ4v) is 1.39. The summed E-state index contributed by atoms with van der Waals surface area (Å²) in [6.07, 6.45) is 2.67. The van der Waals surface area contributed by atoms with Gasteiger partial charge in [0.15, 0.2) is 0 Å². The Kier molecular flexibility index (Phi) is 3.07. The van der Waals surface area contributed by atoms with Crippen LogP contribution >= 0.6 is 0 Å². The van der Waals surface area contributed by atoms with Gasteiger partial charge in [-0.25, -0.2) is 0 Å². The second-order valence-corrected chi connectivity index (χ2v) is 2.57. The van der Waals surface area contributed by atoms with Crippen molar-refractivity contribution in [3.05, 3.63) is 10.4 Å². The van der Waals surface area contributed by atoms with Gasteiger partial charge in [-0.3, -0.25) is 0 Å². The van der Waals surface area contributed by atoms with Crippen molar-refractivity contribution in [3.63, 3.8) is 0 Å². The molecule has 11 heavy (non-hydrogen) atoms. The molecule has 1 saturated carbocycles. The van der Waals surface area contributed by atoms with Crippen molar-refractivity contribution in [1.82, 2.24) is 0 Å². The SMILES string of the molecule is [N-]=[N+]=N[C@@H]1CCC[C@H]1ON=S. The van der Waals surface area contributed by atoms with Gasteiger partial charge in [0, 0.05) is 4.91 Å². The van der Waals surface area contributed by atoms with Gasteiger partial charge in [0.05, 0.1) is 18.5 Å². The molecule has 1 aliphatic carbocycles. The molecule has 0 N–H and O–H groups in total. The first-order chi connectivity index (χ1) is 5.38. The summed E-state index contributed by atoms with van der Waals surface area (Å²) in [7, 11) is 0. The van der Waals surface area contributed by atoms with Gasteiger partial charge in [-0.15, -0.1) is 0 Å². The van der Waals surface area contributed by atoms with E-state index in [0.29, 0.717) is 0 Å². The average Bonchev–Trinajstić information content (AvgIpc) is 2.39. The van der Waals surface area contributed by atoms with E-state index in [1.807, 2.05) is 0 Å². The molecule has 0 aliphatic heterocycles. The highest BCUT2D eigenvalue weighted by atomic mass is 32.1. The molecule has 2 atom stereocenters. The number of hydrogen-bond acceptors (Lipinski definition) is 4. The molecule has 0 aromatic heterocycles. The first-order valence-electron chi connectivity index (χ1n) is 3.41. The van der Waals surface area contributed by atoms with E-state index in [2.05, 4.69) is 27.0 Å². The third kappa shape index (κ3) is 2.03. The Balaban J connectivity index is 2.49. The summed E-state index contributed by atoms with van der Waals surface area (Å²) in [6, 6.07) is -0.0771. The summed E-state index contributed by atoms with van der Waals surface area (Å²) in [4.78, 5) is 7.56. The smallest absolute Gasteiger partial charge is 0.137 e. The summed E-state index contributed by atoms with van der Waals surface area (Å²) in [5, 5.41) is 3.57. The summed E-state index contributed by atoms with van der Waals surface area (Å²) < 4.78 is 3.15. The van der Waals surface area contributed by atoms with E-state index >= 15 is 0 Å². The van der Waals surface area contributed by atoms with E-state index in [-0.39, 0.29) is 12.1 Å². The van der Waals surface area contributed by atoms with Crippen molar-refractivity contribution < 1.29 is 4.84 Å². The Labute approximate surface area is 69.5 Å². The lowest BCUT2D eigenvalue weighted by atomic mass is 10.2. The molecule has 1 rings (SSSR count). The largest absolute Gasteiger partial charge is 0.382 e. The molecular formula is C5H8N4OS. The van der Waals surface area contributed by atoms with Crippen molar-refractivity contribution in [1.29, 1.82) is 0 Å². The van der Waals surface area contributed by atoms with E-state index in [4.69, 9.17) is 10.4 Å². The third-order valence-corrected chi connectivity index (χ3v) is 1.88. The van der Waals surface area contributed by atoms with Crippen LogP contribution in [0.2, 0.25) is 0 Å². The van der Waals surface area contributed by atoms with Crippen LogP contribution in [0.5, 0.6) is 0 Å². The third-order valence-electron chi connectivity index (χ3n) is 1.80. The molecule has 6 heteroatoms. The number of nitrogens with zero attached hydrogens (tertiary/aromatic N) is 4. The molecule has 5 nitrogen and oxygen atoms in total. The van der Waals surface area contributed by atoms with Crippen LogP contribution < -0.4 is 0 Å². The average molecular weight is 172 g/mol. The van der Waals surface area contributed by atoms with Crippen molar-refractivity contribution in [2.24, 2.45) is 9.64 Å². The first-order valence-corrected chi connectivity index (χ1v) is 3.77. The maximum absolute atomic E-state index is 8.16. The molecular weight excluding hydrogens is 164 g/mol. The predicted octanol–water partition coefficient (Wildman–Crippen LogP) is 1.88. The van der Waals surface area contributed by atoms with E-state index in [1.54, 1.807) is 0 Å². The van der Waals surface area contributed by atoms with E-state index < -0.39 is 0 Å². The van der Waals surface area contributed by atoms with Gasteiger partial charge in [-0.1, -0.05) is 5.11 Å². The highest BCUT2D eigenvalue weighted by molar-refractivity contribution is 7.47. The van der Waals surface area contributed by atoms with Crippen molar-refractivity contribution in [3.8, 4) is 0 Å². The van der Waals surface area contributed by atoms with Gasteiger partial charge < -0.3 is 4.84 Å². The van der Waals surface area contributed by atoms with E-state index in [1.165, 1.54) is 0 Å². The van der Waals surface area contributed by atoms with Gasteiger partial charge in [-0.2, -0.15) is 0 Å². The minimum absolute atomic E-state index is 0.0771. The maximum Gasteiger partial charge on any atom is 0.137 e. The maximum atomic E-state index is 8.16. The fraction of sp³-hybridized carbons (Fsp3) is 1.00. The Morgan fingerprint density at radius 1 is 1.55 bits per heavy atom. The molecule has 1 aliphatic rings. The number of rotatable bonds is 3. The van der Waals surface area contributed by atoms with Crippen molar-refractivity contribution in [2.75, 3.05) is 0 Å². The van der Waals surface area contributed by atoms with Gasteiger partial charge in [0.2, 0.25) is 0 Å². The monoisotopic (exact) mass is 172 g/mol. The highest BCUT2D eigenvalue weighted by Crippen LogP contribution is 2.24. The summed E-state index contributed by atoms with van der Waals surface area (Å²) in [6.45, 7) is 0. The van der Waals surface area contributed by atoms with Gasteiger partial charge in [-0.05, 0) is 29.3 Å². The lowest BCUT2D eigenvalue weighted by Gasteiger charge is -2.09. The normalized spacial score (nSPS) is 29.1. The van der Waals surface area contributed by atoms with Gasteiger partial charge in [0.25, 0.3) is 0 Å². The molecule has 0 saturated heterocycles. The topological polar surface area (TPSA) is 70.4 Å². The minimum Gasteiger partial charge on any atom is -0.382 e. The fourth-order valence-electron chi connectivity index (χ4n) is 1.28. The Morgan fingerprint density at radius 3 is 3.00 bits per heavy atom. The van der Waals surface area contributed by atoms with Gasteiger partial charge in [0.1, 0.15) is 6.10 Å². The molecule has 0 aromatic rings. The predicted molar refractivity (Wildman–Crippen MR) is 41.5 cm³/mol. The molecule has 0 bridgehead atoms. The number of hydrogen-bond donors (Lipinski definition) is 0. The van der Waals surface area contributed by atoms with E-state index in [0.717, 1.165) is 19.3 Å². The summed E-state index contributed by atoms with van der Waals surface area (Å²) in [5.41, 5.74) is 8.16. The van der Waals surface area contributed by atoms with Crippen LogP contribution in [-0.4, -0.2) is 12.1 Å². The molecule has 1 fully saturated rings. The van der Waals surface area contributed by atoms with Crippen LogP contribution in [0.4, 0.5) is 0 Å². The van der Waals surface area contributed by atoms with Crippen LogP contribution in [0.25, 0.3) is 10.4 Å². The van der Waals surface area contributed by atoms with Crippen LogP contribution in [0.3, 0.4) is 0 Å². The summed E-state index contributed by atoms with van der Waals surface area (Å²) in [5.74, 6) is 0. The highest BCUT2D eigenvalue weighted by Gasteiger charge is 2.28. The Bertz CT molecular complexity index is 191. The molecule has 0 radical (unpaired) electrons. The lowest BCUT2D eigenvalue weighted by Crippen LogP contribution is -2.18. The van der Waals surface area contributed by atoms with Gasteiger partial charge >= 0.3 is 0 Å². The first kappa shape index (κ1) is 8.23. The molecule has 0 unspecified atom stereocenters. The zero-order valence-electron chi connectivity index (χ0n) is 5.88. The van der Waals surface area contributed by atoms with Crippen molar-refractivity contribution >= 4 is 12.4 Å². The molecule has 0 amide bonds. The zero-order chi connectivity index (χ0) is 8.10. The Morgan fingerprint density at radius 2 is 2.36 bits per heavy atom. The quantitative estimate of drug-likeness (QED) is 0.282. The molecule has 60 valence electrons. The van der Waals surface area contributed by atoms with Crippen LogP contribution in [0.1, 0.15) is 19.3 Å². The molecule has 0 aromatic carbocycles. The van der Waals surface area contributed by atoms with Crippen molar-refractivity contribution in [2.45, 2.75) is 31.4 Å². The Hall–Kier alpha value is -0.870. The zero-order valence-corrected chi connectivity index (χ0v) is 6.70. The second kappa shape index (κ2) is 4.10. The standard InChI is InChI=1S/C5H8N4OS/c6-8-7-4-2-1-3-5(4)10-9-11/h4-5H,1-3H2/t4-,5-/m1/s1. The van der Waals surface area contributed by atoms with Crippen LogP contribution in [0.15, 0.2) is 9.64 Å². The molecule has 0 heterocycles. The second-order valence-electron chi connectivity index (χ2n) is 2.42. The van der Waals surface area contributed by atoms with Crippen LogP contribution in [0, 0.1) is 0 Å². The lowest BCUT2D eigenvalue weighted by molar-refractivity contribution is 0.0592. The van der Waals surface area contributed by atoms with Crippen LogP contribution in [-0.2, 0) is 17.3 Å². The van der Waals surface area contributed by atoms with E-state index in [9.17, 15) is 0 Å².